The predicted octanol–water partition coefficient (Wildman–Crippen LogP) is 0.708. The lowest BCUT2D eigenvalue weighted by atomic mass is 10.3. The summed E-state index contributed by atoms with van der Waals surface area (Å²) in [5.74, 6) is 0.105. The van der Waals surface area contributed by atoms with Gasteiger partial charge in [0.2, 0.25) is 0 Å². The largest absolute Gasteiger partial charge is 0.481 e. The molecule has 0 radical (unpaired) electrons. The van der Waals surface area contributed by atoms with Crippen molar-refractivity contribution in [2.75, 3.05) is 19.0 Å². The second-order valence-corrected chi connectivity index (χ2v) is 2.83. The highest BCUT2D eigenvalue weighted by molar-refractivity contribution is 5.69. The second kappa shape index (κ2) is 3.30. The van der Waals surface area contributed by atoms with Gasteiger partial charge in [0.15, 0.2) is 0 Å². The molecule has 0 saturated heterocycles. The van der Waals surface area contributed by atoms with Gasteiger partial charge < -0.3 is 15.0 Å². The molecule has 4 nitrogen and oxygen atoms in total. The first-order valence-corrected chi connectivity index (χ1v) is 3.66. The number of anilines is 1. The van der Waals surface area contributed by atoms with Gasteiger partial charge >= 0.3 is 5.97 Å². The van der Waals surface area contributed by atoms with Gasteiger partial charge in [-0.15, -0.1) is 0 Å². The molecule has 66 valence electrons. The molecular formula is C8H12N2O2. The molecule has 2 N–H and O–H groups in total. The molecule has 0 unspecified atom stereocenters. The van der Waals surface area contributed by atoms with Gasteiger partial charge in [-0.05, 0) is 12.1 Å². The first kappa shape index (κ1) is 8.64. The van der Waals surface area contributed by atoms with Gasteiger partial charge in [0.25, 0.3) is 0 Å². The average Bonchev–Trinajstić information content (AvgIpc) is 2.34. The van der Waals surface area contributed by atoms with Gasteiger partial charge in [-0.25, -0.2) is 0 Å². The van der Waals surface area contributed by atoms with Crippen LogP contribution in [-0.2, 0) is 11.2 Å². The molecule has 0 aromatic carbocycles. The van der Waals surface area contributed by atoms with Gasteiger partial charge in [0.05, 0.1) is 6.42 Å². The van der Waals surface area contributed by atoms with Crippen molar-refractivity contribution in [2.24, 2.45) is 0 Å². The highest BCUT2D eigenvalue weighted by Gasteiger charge is 2.03. The number of nitrogens with zero attached hydrogens (tertiary/aromatic N) is 1. The van der Waals surface area contributed by atoms with Crippen molar-refractivity contribution in [1.82, 2.24) is 4.98 Å². The van der Waals surface area contributed by atoms with Crippen LogP contribution >= 0.6 is 0 Å². The van der Waals surface area contributed by atoms with Crippen molar-refractivity contribution in [3.63, 3.8) is 0 Å². The number of hydrogen-bond acceptors (Lipinski definition) is 2. The minimum Gasteiger partial charge on any atom is -0.481 e. The maximum Gasteiger partial charge on any atom is 0.309 e. The monoisotopic (exact) mass is 168 g/mol. The number of nitrogens with one attached hydrogen (secondary N) is 1. The standard InChI is InChI=1S/C8H12N2O2/c1-10(2)7-4-3-6(9-7)5-8(11)12/h3-4,9H,5H2,1-2H3,(H,11,12). The van der Waals surface area contributed by atoms with Crippen LogP contribution in [0.2, 0.25) is 0 Å². The lowest BCUT2D eigenvalue weighted by Gasteiger charge is -2.08. The molecule has 0 fully saturated rings. The Morgan fingerprint density at radius 1 is 1.58 bits per heavy atom. The quantitative estimate of drug-likeness (QED) is 0.698. The summed E-state index contributed by atoms with van der Waals surface area (Å²) < 4.78 is 0. The van der Waals surface area contributed by atoms with Crippen LogP contribution in [0.4, 0.5) is 5.82 Å². The van der Waals surface area contributed by atoms with Crippen LogP contribution in [0.3, 0.4) is 0 Å². The van der Waals surface area contributed by atoms with E-state index in [0.717, 1.165) is 11.5 Å². The Labute approximate surface area is 70.8 Å². The van der Waals surface area contributed by atoms with Crippen LogP contribution < -0.4 is 4.90 Å². The molecule has 0 aliphatic rings. The van der Waals surface area contributed by atoms with Crippen LogP contribution in [-0.4, -0.2) is 30.2 Å². The van der Waals surface area contributed by atoms with Gasteiger partial charge in [0, 0.05) is 19.8 Å². The molecule has 12 heavy (non-hydrogen) atoms. The highest BCUT2D eigenvalue weighted by Crippen LogP contribution is 2.10. The zero-order valence-electron chi connectivity index (χ0n) is 7.16. The normalized spacial score (nSPS) is 9.83. The van der Waals surface area contributed by atoms with E-state index in [1.807, 2.05) is 25.1 Å². The SMILES string of the molecule is CN(C)c1ccc(CC(=O)O)[nH]1. The zero-order chi connectivity index (χ0) is 9.14. The third-order valence-corrected chi connectivity index (χ3v) is 1.55. The number of carbonyl (C=O) groups is 1. The van der Waals surface area contributed by atoms with E-state index in [1.54, 1.807) is 6.07 Å². The Morgan fingerprint density at radius 3 is 2.67 bits per heavy atom. The molecule has 0 aliphatic carbocycles. The maximum atomic E-state index is 10.3. The minimum atomic E-state index is -0.817. The average molecular weight is 168 g/mol. The number of H-pyrrole nitrogens is 1. The van der Waals surface area contributed by atoms with Gasteiger partial charge in [-0.1, -0.05) is 0 Å². The van der Waals surface area contributed by atoms with Crippen LogP contribution in [0, 0.1) is 0 Å². The van der Waals surface area contributed by atoms with Crippen molar-refractivity contribution in [1.29, 1.82) is 0 Å². The van der Waals surface area contributed by atoms with E-state index < -0.39 is 5.97 Å². The van der Waals surface area contributed by atoms with Crippen LogP contribution in [0.15, 0.2) is 12.1 Å². The van der Waals surface area contributed by atoms with E-state index >= 15 is 0 Å². The molecule has 1 heterocycles. The van der Waals surface area contributed by atoms with Crippen LogP contribution in [0.25, 0.3) is 0 Å². The smallest absolute Gasteiger partial charge is 0.309 e. The summed E-state index contributed by atoms with van der Waals surface area (Å²) in [7, 11) is 3.80. The highest BCUT2D eigenvalue weighted by atomic mass is 16.4. The molecule has 0 atom stereocenters. The number of aromatic amines is 1. The van der Waals surface area contributed by atoms with E-state index in [9.17, 15) is 4.79 Å². The Hall–Kier alpha value is -1.45. The van der Waals surface area contributed by atoms with E-state index in [4.69, 9.17) is 5.11 Å². The molecule has 0 spiro atoms. The number of carboxylic acid groups (broad SMARTS) is 1. The molecular weight excluding hydrogens is 156 g/mol. The fraction of sp³-hybridized carbons (Fsp3) is 0.375. The third-order valence-electron chi connectivity index (χ3n) is 1.55. The van der Waals surface area contributed by atoms with Crippen molar-refractivity contribution >= 4 is 11.8 Å². The molecule has 0 saturated carbocycles. The van der Waals surface area contributed by atoms with Gasteiger partial charge in [0.1, 0.15) is 5.82 Å². The van der Waals surface area contributed by atoms with Crippen molar-refractivity contribution in [2.45, 2.75) is 6.42 Å². The zero-order valence-corrected chi connectivity index (χ0v) is 7.16. The Morgan fingerprint density at radius 2 is 2.25 bits per heavy atom. The minimum absolute atomic E-state index is 0.0494. The Kier molecular flexibility index (Phi) is 2.38. The Balaban J connectivity index is 2.70. The summed E-state index contributed by atoms with van der Waals surface area (Å²) >= 11 is 0. The summed E-state index contributed by atoms with van der Waals surface area (Å²) in [6, 6.07) is 3.64. The Bertz CT molecular complexity index is 278. The molecule has 1 aromatic heterocycles. The van der Waals surface area contributed by atoms with Crippen molar-refractivity contribution in [3.8, 4) is 0 Å². The summed E-state index contributed by atoms with van der Waals surface area (Å²) in [5.41, 5.74) is 0.728. The second-order valence-electron chi connectivity index (χ2n) is 2.83. The van der Waals surface area contributed by atoms with Gasteiger partial charge in [-0.2, -0.15) is 0 Å². The number of aromatic nitrogens is 1. The first-order valence-electron chi connectivity index (χ1n) is 3.66. The molecule has 0 bridgehead atoms. The molecule has 0 aliphatic heterocycles. The molecule has 4 heteroatoms. The first-order chi connectivity index (χ1) is 5.59. The predicted molar refractivity (Wildman–Crippen MR) is 46.5 cm³/mol. The molecule has 1 rings (SSSR count). The van der Waals surface area contributed by atoms with Crippen LogP contribution in [0.5, 0.6) is 0 Å². The molecule has 0 amide bonds. The van der Waals surface area contributed by atoms with E-state index in [1.165, 1.54) is 0 Å². The summed E-state index contributed by atoms with van der Waals surface area (Å²) in [6.07, 6.45) is 0.0494. The van der Waals surface area contributed by atoms with Gasteiger partial charge in [-0.3, -0.25) is 4.79 Å². The topological polar surface area (TPSA) is 56.3 Å². The van der Waals surface area contributed by atoms with E-state index in [2.05, 4.69) is 4.98 Å². The third kappa shape index (κ3) is 2.02. The number of carboxylic acids is 1. The van der Waals surface area contributed by atoms with Crippen molar-refractivity contribution < 1.29 is 9.90 Å². The van der Waals surface area contributed by atoms with Crippen LogP contribution in [0.1, 0.15) is 5.69 Å². The molecule has 1 aromatic rings. The fourth-order valence-corrected chi connectivity index (χ4v) is 0.954. The van der Waals surface area contributed by atoms with E-state index in [0.29, 0.717) is 0 Å². The van der Waals surface area contributed by atoms with Crippen molar-refractivity contribution in [3.05, 3.63) is 17.8 Å². The summed E-state index contributed by atoms with van der Waals surface area (Å²) in [6.45, 7) is 0. The maximum absolute atomic E-state index is 10.3. The van der Waals surface area contributed by atoms with E-state index in [-0.39, 0.29) is 6.42 Å². The number of hydrogen-bond donors (Lipinski definition) is 2. The lowest BCUT2D eigenvalue weighted by Crippen LogP contribution is -2.09. The summed E-state index contributed by atoms with van der Waals surface area (Å²) in [5, 5.41) is 8.48. The lowest BCUT2D eigenvalue weighted by molar-refractivity contribution is -0.136. The number of rotatable bonds is 3. The fourth-order valence-electron chi connectivity index (χ4n) is 0.954. The summed E-state index contributed by atoms with van der Waals surface area (Å²) in [4.78, 5) is 15.2. The number of aliphatic carboxylic acids is 1.